The van der Waals surface area contributed by atoms with Gasteiger partial charge in [0.15, 0.2) is 0 Å². The molecule has 2 heterocycles. The molecule has 1 amide bonds. The first kappa shape index (κ1) is 14.3. The second-order valence-corrected chi connectivity index (χ2v) is 6.11. The zero-order chi connectivity index (χ0) is 14.7. The average Bonchev–Trinajstić information content (AvgIpc) is 3.02. The summed E-state index contributed by atoms with van der Waals surface area (Å²) in [5, 5.41) is 5.49. The van der Waals surface area contributed by atoms with E-state index in [-0.39, 0.29) is 5.91 Å². The number of fused-ring (bicyclic) bond motifs is 1. The number of pyridine rings is 1. The van der Waals surface area contributed by atoms with Gasteiger partial charge in [-0.3, -0.25) is 4.79 Å². The van der Waals surface area contributed by atoms with Gasteiger partial charge < -0.3 is 10.2 Å². The average molecular weight is 348 g/mol. The number of nitrogens with zero attached hydrogens (tertiary/aromatic N) is 2. The van der Waals surface area contributed by atoms with Gasteiger partial charge in [0.2, 0.25) is 5.91 Å². The molecule has 0 spiro atoms. The van der Waals surface area contributed by atoms with E-state index in [0.29, 0.717) is 13.0 Å². The van der Waals surface area contributed by atoms with Crippen molar-refractivity contribution in [3.63, 3.8) is 0 Å². The van der Waals surface area contributed by atoms with Crippen LogP contribution in [0.15, 0.2) is 34.9 Å². The van der Waals surface area contributed by atoms with Crippen LogP contribution in [0, 0.1) is 0 Å². The molecule has 0 radical (unpaired) electrons. The zero-order valence-corrected chi connectivity index (χ0v) is 13.4. The third-order valence-corrected chi connectivity index (χ3v) is 4.53. The first-order valence-corrected chi connectivity index (χ1v) is 8.10. The number of carbonyl (C=O) groups is 1. The van der Waals surface area contributed by atoms with Crippen molar-refractivity contribution < 1.29 is 4.79 Å². The Morgan fingerprint density at radius 1 is 1.24 bits per heavy atom. The van der Waals surface area contributed by atoms with Crippen molar-refractivity contribution in [2.45, 2.75) is 19.3 Å². The molecule has 2 aromatic rings. The molecule has 0 bridgehead atoms. The van der Waals surface area contributed by atoms with E-state index in [1.165, 1.54) is 0 Å². The normalized spacial score (nSPS) is 14.6. The van der Waals surface area contributed by atoms with Crippen molar-refractivity contribution in [3.8, 4) is 0 Å². The molecule has 1 fully saturated rings. The second kappa shape index (κ2) is 6.43. The lowest BCUT2D eigenvalue weighted by atomic mass is 10.1. The minimum Gasteiger partial charge on any atom is -0.369 e. The predicted molar refractivity (Wildman–Crippen MR) is 88.4 cm³/mol. The molecule has 0 aliphatic carbocycles. The Bertz CT molecular complexity index is 653. The molecule has 5 heteroatoms. The molecule has 4 nitrogen and oxygen atoms in total. The van der Waals surface area contributed by atoms with E-state index in [1.54, 1.807) is 6.20 Å². The van der Waals surface area contributed by atoms with Gasteiger partial charge in [-0.25, -0.2) is 4.98 Å². The van der Waals surface area contributed by atoms with Crippen molar-refractivity contribution in [2.75, 3.05) is 25.0 Å². The monoisotopic (exact) mass is 347 g/mol. The first-order valence-electron chi connectivity index (χ1n) is 7.30. The van der Waals surface area contributed by atoms with Crippen LogP contribution in [0.5, 0.6) is 0 Å². The lowest BCUT2D eigenvalue weighted by Crippen LogP contribution is -2.29. The van der Waals surface area contributed by atoms with Crippen molar-refractivity contribution in [1.29, 1.82) is 0 Å². The standard InChI is InChI=1S/C16H18BrN3O/c17-14-5-3-4-13-12(14)6-8-18-16(13)19-9-7-15(21)20-10-1-2-11-20/h3-6,8H,1-2,7,9-11H2,(H,18,19). The summed E-state index contributed by atoms with van der Waals surface area (Å²) < 4.78 is 1.05. The first-order chi connectivity index (χ1) is 10.3. The zero-order valence-electron chi connectivity index (χ0n) is 11.8. The van der Waals surface area contributed by atoms with E-state index in [4.69, 9.17) is 0 Å². The molecule has 110 valence electrons. The summed E-state index contributed by atoms with van der Waals surface area (Å²) in [6, 6.07) is 8.04. The van der Waals surface area contributed by atoms with E-state index in [2.05, 4.69) is 26.2 Å². The maximum Gasteiger partial charge on any atom is 0.224 e. The van der Waals surface area contributed by atoms with Crippen LogP contribution in [-0.2, 0) is 4.79 Å². The molecular formula is C16H18BrN3O. The Balaban J connectivity index is 1.65. The lowest BCUT2D eigenvalue weighted by Gasteiger charge is -2.15. The molecule has 1 aromatic carbocycles. The maximum absolute atomic E-state index is 12.0. The van der Waals surface area contributed by atoms with Crippen molar-refractivity contribution in [3.05, 3.63) is 34.9 Å². The molecule has 0 unspecified atom stereocenters. The molecule has 0 saturated carbocycles. The Morgan fingerprint density at radius 3 is 2.86 bits per heavy atom. The summed E-state index contributed by atoms with van der Waals surface area (Å²) in [5.41, 5.74) is 0. The number of likely N-dealkylation sites (tertiary alicyclic amines) is 1. The summed E-state index contributed by atoms with van der Waals surface area (Å²) >= 11 is 3.55. The molecule has 1 aliphatic rings. The smallest absolute Gasteiger partial charge is 0.224 e. The van der Waals surface area contributed by atoms with Gasteiger partial charge in [-0.2, -0.15) is 0 Å². The van der Waals surface area contributed by atoms with Gasteiger partial charge >= 0.3 is 0 Å². The summed E-state index contributed by atoms with van der Waals surface area (Å²) in [6.45, 7) is 2.45. The maximum atomic E-state index is 12.0. The number of carbonyl (C=O) groups excluding carboxylic acids is 1. The van der Waals surface area contributed by atoms with E-state index in [0.717, 1.165) is 47.0 Å². The van der Waals surface area contributed by atoms with Gasteiger partial charge in [0.1, 0.15) is 5.82 Å². The highest BCUT2D eigenvalue weighted by Gasteiger charge is 2.17. The Hall–Kier alpha value is -1.62. The molecule has 1 aliphatic heterocycles. The summed E-state index contributed by atoms with van der Waals surface area (Å²) in [4.78, 5) is 18.3. The van der Waals surface area contributed by atoms with E-state index in [1.807, 2.05) is 29.2 Å². The van der Waals surface area contributed by atoms with Gasteiger partial charge in [0, 0.05) is 47.5 Å². The summed E-state index contributed by atoms with van der Waals surface area (Å²) in [6.07, 6.45) is 4.58. The van der Waals surface area contributed by atoms with Crippen LogP contribution < -0.4 is 5.32 Å². The number of anilines is 1. The molecule has 1 aromatic heterocycles. The number of nitrogens with one attached hydrogen (secondary N) is 1. The molecule has 0 atom stereocenters. The number of amides is 1. The number of benzene rings is 1. The summed E-state index contributed by atoms with van der Waals surface area (Å²) in [5.74, 6) is 1.07. The number of halogens is 1. The number of rotatable bonds is 4. The fourth-order valence-corrected chi connectivity index (χ4v) is 3.22. The van der Waals surface area contributed by atoms with Crippen molar-refractivity contribution >= 4 is 38.4 Å². The van der Waals surface area contributed by atoms with Gasteiger partial charge in [-0.1, -0.05) is 28.1 Å². The quantitative estimate of drug-likeness (QED) is 0.921. The van der Waals surface area contributed by atoms with Crippen LogP contribution in [0.1, 0.15) is 19.3 Å². The highest BCUT2D eigenvalue weighted by atomic mass is 79.9. The van der Waals surface area contributed by atoms with E-state index >= 15 is 0 Å². The number of aromatic nitrogens is 1. The van der Waals surface area contributed by atoms with Gasteiger partial charge in [0.25, 0.3) is 0 Å². The third kappa shape index (κ3) is 3.18. The highest BCUT2D eigenvalue weighted by molar-refractivity contribution is 9.10. The third-order valence-electron chi connectivity index (χ3n) is 3.84. The van der Waals surface area contributed by atoms with Gasteiger partial charge in [0.05, 0.1) is 0 Å². The Kier molecular flexibility index (Phi) is 4.39. The van der Waals surface area contributed by atoms with E-state index in [9.17, 15) is 4.79 Å². The second-order valence-electron chi connectivity index (χ2n) is 5.26. The number of hydrogen-bond acceptors (Lipinski definition) is 3. The minimum atomic E-state index is 0.237. The Labute approximate surface area is 132 Å². The molecule has 21 heavy (non-hydrogen) atoms. The minimum absolute atomic E-state index is 0.237. The van der Waals surface area contributed by atoms with Crippen LogP contribution >= 0.6 is 15.9 Å². The van der Waals surface area contributed by atoms with Gasteiger partial charge in [-0.05, 0) is 25.0 Å². The molecule has 1 saturated heterocycles. The van der Waals surface area contributed by atoms with Crippen LogP contribution in [0.4, 0.5) is 5.82 Å². The largest absolute Gasteiger partial charge is 0.369 e. The topological polar surface area (TPSA) is 45.2 Å². The highest BCUT2D eigenvalue weighted by Crippen LogP contribution is 2.27. The fourth-order valence-electron chi connectivity index (χ4n) is 2.72. The molecule has 1 N–H and O–H groups in total. The lowest BCUT2D eigenvalue weighted by molar-refractivity contribution is -0.129. The fraction of sp³-hybridized carbons (Fsp3) is 0.375. The van der Waals surface area contributed by atoms with Crippen molar-refractivity contribution in [2.24, 2.45) is 0 Å². The van der Waals surface area contributed by atoms with Crippen LogP contribution in [0.3, 0.4) is 0 Å². The molecular weight excluding hydrogens is 330 g/mol. The van der Waals surface area contributed by atoms with Crippen LogP contribution in [0.25, 0.3) is 10.8 Å². The predicted octanol–water partition coefficient (Wildman–Crippen LogP) is 3.42. The van der Waals surface area contributed by atoms with Crippen molar-refractivity contribution in [1.82, 2.24) is 9.88 Å². The SMILES string of the molecule is O=C(CCNc1nccc2c(Br)cccc12)N1CCCC1. The Morgan fingerprint density at radius 2 is 2.05 bits per heavy atom. The van der Waals surface area contributed by atoms with E-state index < -0.39 is 0 Å². The van der Waals surface area contributed by atoms with Crippen LogP contribution in [-0.4, -0.2) is 35.4 Å². The van der Waals surface area contributed by atoms with Crippen LogP contribution in [0.2, 0.25) is 0 Å². The number of hydrogen-bond donors (Lipinski definition) is 1. The van der Waals surface area contributed by atoms with Gasteiger partial charge in [-0.15, -0.1) is 0 Å². The molecule has 3 rings (SSSR count). The summed E-state index contributed by atoms with van der Waals surface area (Å²) in [7, 11) is 0.